The molecule has 2 aromatic carbocycles. The number of rotatable bonds is 7. The molecular weight excluding hydrogens is 480 g/mol. The Morgan fingerprint density at radius 3 is 2.49 bits per heavy atom. The van der Waals surface area contributed by atoms with E-state index < -0.39 is 11.2 Å². The summed E-state index contributed by atoms with van der Waals surface area (Å²) in [5.41, 5.74) is 3.02. The number of carbonyl (C=O) groups is 3. The second kappa shape index (κ2) is 11.6. The second-order valence-corrected chi connectivity index (χ2v) is 10.7. The van der Waals surface area contributed by atoms with Gasteiger partial charge in [-0.15, -0.1) is 23.1 Å². The molecule has 0 saturated carbocycles. The highest BCUT2D eigenvalue weighted by Crippen LogP contribution is 2.41. The first-order valence-corrected chi connectivity index (χ1v) is 13.3. The number of thioether (sulfide) groups is 1. The number of carbonyl (C=O) groups excluding carboxylic acids is 3. The van der Waals surface area contributed by atoms with Crippen LogP contribution in [0.25, 0.3) is 0 Å². The molecule has 1 aromatic heterocycles. The molecule has 0 bridgehead atoms. The Kier molecular flexibility index (Phi) is 8.25. The second-order valence-electron chi connectivity index (χ2n) is 8.37. The number of esters is 1. The summed E-state index contributed by atoms with van der Waals surface area (Å²) in [4.78, 5) is 39.9. The van der Waals surface area contributed by atoms with E-state index in [9.17, 15) is 14.4 Å². The fourth-order valence-corrected chi connectivity index (χ4v) is 6.58. The number of thiophene rings is 1. The number of anilines is 2. The van der Waals surface area contributed by atoms with Gasteiger partial charge in [0.25, 0.3) is 0 Å². The lowest BCUT2D eigenvalue weighted by atomic mass is 10.1. The third kappa shape index (κ3) is 6.13. The first-order valence-electron chi connectivity index (χ1n) is 11.6. The van der Waals surface area contributed by atoms with E-state index in [1.54, 1.807) is 0 Å². The number of hydrogen-bond acceptors (Lipinski definition) is 6. The highest BCUT2D eigenvalue weighted by atomic mass is 32.2. The van der Waals surface area contributed by atoms with Gasteiger partial charge in [0, 0.05) is 22.4 Å². The molecule has 1 heterocycles. The van der Waals surface area contributed by atoms with E-state index in [0.717, 1.165) is 53.0 Å². The molecule has 182 valence electrons. The summed E-state index contributed by atoms with van der Waals surface area (Å²) in [6, 6.07) is 17.0. The van der Waals surface area contributed by atoms with Crippen molar-refractivity contribution in [3.05, 3.63) is 76.2 Å². The molecule has 0 aliphatic heterocycles. The molecule has 1 aliphatic carbocycles. The van der Waals surface area contributed by atoms with Crippen LogP contribution in [0.1, 0.15) is 57.8 Å². The Balaban J connectivity index is 1.65. The van der Waals surface area contributed by atoms with Crippen LogP contribution in [0, 0.1) is 0 Å². The van der Waals surface area contributed by atoms with E-state index in [2.05, 4.69) is 10.6 Å². The fourth-order valence-electron chi connectivity index (χ4n) is 4.21. The first kappa shape index (κ1) is 25.0. The summed E-state index contributed by atoms with van der Waals surface area (Å²) in [6.07, 6.45) is 4.96. The number of amides is 2. The number of methoxy groups -OCH3 is 1. The van der Waals surface area contributed by atoms with Crippen molar-refractivity contribution in [3.8, 4) is 0 Å². The zero-order valence-corrected chi connectivity index (χ0v) is 21.4. The van der Waals surface area contributed by atoms with E-state index in [0.29, 0.717) is 16.3 Å². The van der Waals surface area contributed by atoms with Gasteiger partial charge in [-0.25, -0.2) is 4.79 Å². The first-order chi connectivity index (χ1) is 17.0. The van der Waals surface area contributed by atoms with E-state index in [1.807, 2.05) is 54.6 Å². The number of hydrogen-bond donors (Lipinski definition) is 2. The van der Waals surface area contributed by atoms with Crippen LogP contribution in [0.2, 0.25) is 0 Å². The van der Waals surface area contributed by atoms with Crippen LogP contribution in [0.5, 0.6) is 0 Å². The van der Waals surface area contributed by atoms with E-state index >= 15 is 0 Å². The van der Waals surface area contributed by atoms with Crippen molar-refractivity contribution in [2.75, 3.05) is 17.7 Å². The normalized spacial score (nSPS) is 13.8. The molecule has 2 N–H and O–H groups in total. The maximum absolute atomic E-state index is 13.7. The van der Waals surface area contributed by atoms with Crippen molar-refractivity contribution in [1.82, 2.24) is 0 Å². The van der Waals surface area contributed by atoms with Crippen LogP contribution in [0.3, 0.4) is 0 Å². The van der Waals surface area contributed by atoms with Crippen LogP contribution >= 0.6 is 23.1 Å². The molecule has 35 heavy (non-hydrogen) atoms. The third-order valence-corrected chi connectivity index (χ3v) is 8.25. The third-order valence-electron chi connectivity index (χ3n) is 5.80. The summed E-state index contributed by atoms with van der Waals surface area (Å²) in [5, 5.41) is 5.84. The lowest BCUT2D eigenvalue weighted by Crippen LogP contribution is -2.20. The Bertz CT molecular complexity index is 1220. The van der Waals surface area contributed by atoms with Crippen LogP contribution < -0.4 is 10.6 Å². The van der Waals surface area contributed by atoms with Gasteiger partial charge in [0.1, 0.15) is 10.3 Å². The number of ether oxygens (including phenoxy) is 1. The standard InChI is InChI=1S/C27H28N2O4S2/c1-17(30)28-19-12-9-13-20(16-19)34-24(18-10-5-3-6-11-18)25(31)29-26-23(27(32)33-2)21-14-7-4-8-15-22(21)35-26/h3,5-6,9-13,16,24H,4,7-8,14-15H2,1-2H3,(H,28,30)(H,29,31). The van der Waals surface area contributed by atoms with E-state index in [-0.39, 0.29) is 11.8 Å². The van der Waals surface area contributed by atoms with E-state index in [1.165, 1.54) is 37.1 Å². The zero-order chi connectivity index (χ0) is 24.8. The molecule has 6 nitrogen and oxygen atoms in total. The maximum atomic E-state index is 13.7. The number of nitrogens with one attached hydrogen (secondary N) is 2. The van der Waals surface area contributed by atoms with Gasteiger partial charge in [0.05, 0.1) is 12.7 Å². The summed E-state index contributed by atoms with van der Waals surface area (Å²) in [5.74, 6) is -0.781. The van der Waals surface area contributed by atoms with Crippen molar-refractivity contribution in [2.45, 2.75) is 49.2 Å². The minimum absolute atomic E-state index is 0.155. The molecule has 3 aromatic rings. The van der Waals surface area contributed by atoms with Crippen molar-refractivity contribution < 1.29 is 19.1 Å². The average molecular weight is 509 g/mol. The van der Waals surface area contributed by atoms with Crippen LogP contribution in [0.15, 0.2) is 59.5 Å². The SMILES string of the molecule is COC(=O)c1c(NC(=O)C(Sc2cccc(NC(C)=O)c2)c2ccccc2)sc2c1CCCCC2. The van der Waals surface area contributed by atoms with Gasteiger partial charge >= 0.3 is 5.97 Å². The topological polar surface area (TPSA) is 84.5 Å². The lowest BCUT2D eigenvalue weighted by molar-refractivity contribution is -0.116. The van der Waals surface area contributed by atoms with Crippen LogP contribution in [0.4, 0.5) is 10.7 Å². The molecule has 2 amide bonds. The van der Waals surface area contributed by atoms with Crippen molar-refractivity contribution in [2.24, 2.45) is 0 Å². The summed E-state index contributed by atoms with van der Waals surface area (Å²) in [6.45, 7) is 1.46. The van der Waals surface area contributed by atoms with Crippen LogP contribution in [-0.2, 0) is 27.2 Å². The molecule has 1 aliphatic rings. The largest absolute Gasteiger partial charge is 0.465 e. The summed E-state index contributed by atoms with van der Waals surface area (Å²) >= 11 is 2.88. The molecule has 4 rings (SSSR count). The van der Waals surface area contributed by atoms with Gasteiger partial charge in [-0.05, 0) is 55.0 Å². The van der Waals surface area contributed by atoms with Gasteiger partial charge in [-0.3, -0.25) is 9.59 Å². The predicted molar refractivity (Wildman–Crippen MR) is 141 cm³/mol. The maximum Gasteiger partial charge on any atom is 0.341 e. The molecule has 0 spiro atoms. The monoisotopic (exact) mass is 508 g/mol. The molecule has 8 heteroatoms. The zero-order valence-electron chi connectivity index (χ0n) is 19.8. The smallest absolute Gasteiger partial charge is 0.341 e. The lowest BCUT2D eigenvalue weighted by Gasteiger charge is -2.18. The van der Waals surface area contributed by atoms with Gasteiger partial charge in [0.15, 0.2) is 0 Å². The van der Waals surface area contributed by atoms with Crippen molar-refractivity contribution >= 4 is 51.6 Å². The van der Waals surface area contributed by atoms with Gasteiger partial charge < -0.3 is 15.4 Å². The molecule has 0 fully saturated rings. The summed E-state index contributed by atoms with van der Waals surface area (Å²) in [7, 11) is 1.37. The number of fused-ring (bicyclic) bond motifs is 1. The van der Waals surface area contributed by atoms with Gasteiger partial charge in [0.2, 0.25) is 11.8 Å². The summed E-state index contributed by atoms with van der Waals surface area (Å²) < 4.78 is 5.09. The molecule has 0 radical (unpaired) electrons. The molecule has 0 saturated heterocycles. The fraction of sp³-hybridized carbons (Fsp3) is 0.296. The number of aryl methyl sites for hydroxylation is 1. The van der Waals surface area contributed by atoms with E-state index in [4.69, 9.17) is 4.74 Å². The molecule has 1 unspecified atom stereocenters. The highest BCUT2D eigenvalue weighted by Gasteiger charge is 2.29. The van der Waals surface area contributed by atoms with Crippen LogP contribution in [-0.4, -0.2) is 24.9 Å². The Morgan fingerprint density at radius 1 is 0.971 bits per heavy atom. The highest BCUT2D eigenvalue weighted by molar-refractivity contribution is 8.00. The predicted octanol–water partition coefficient (Wildman–Crippen LogP) is 6.23. The Hall–Kier alpha value is -3.10. The average Bonchev–Trinajstić information content (AvgIpc) is 3.02. The van der Waals surface area contributed by atoms with Gasteiger partial charge in [-0.2, -0.15) is 0 Å². The quantitative estimate of drug-likeness (QED) is 0.224. The number of benzene rings is 2. The molecule has 1 atom stereocenters. The molecular formula is C27H28N2O4S2. The minimum Gasteiger partial charge on any atom is -0.465 e. The van der Waals surface area contributed by atoms with Crippen molar-refractivity contribution in [3.63, 3.8) is 0 Å². The Morgan fingerprint density at radius 2 is 1.74 bits per heavy atom. The minimum atomic E-state index is -0.559. The van der Waals surface area contributed by atoms with Crippen molar-refractivity contribution in [1.29, 1.82) is 0 Å². The van der Waals surface area contributed by atoms with Gasteiger partial charge in [-0.1, -0.05) is 42.8 Å². The Labute approximate surface area is 213 Å².